The second-order valence-corrected chi connectivity index (χ2v) is 6.25. The number of fused-ring (bicyclic) bond motifs is 1. The number of hydrogen-bond acceptors (Lipinski definition) is 4. The van der Waals surface area contributed by atoms with Crippen LogP contribution >= 0.6 is 0 Å². The van der Waals surface area contributed by atoms with Crippen molar-refractivity contribution in [3.05, 3.63) is 70.8 Å². The first-order valence-corrected chi connectivity index (χ1v) is 7.75. The Balaban J connectivity index is 2.01. The standard InChI is InChI=1S/C15H10FNO4S/c16-11-2-1-3-12(9-11)17-22(19,20)13-5-6-14-10(8-13)4-7-15(18)21-14/h1-9,17H. The van der Waals surface area contributed by atoms with Gasteiger partial charge in [-0.3, -0.25) is 4.72 Å². The highest BCUT2D eigenvalue weighted by molar-refractivity contribution is 7.92. The molecule has 0 aliphatic rings. The van der Waals surface area contributed by atoms with Crippen molar-refractivity contribution in [2.75, 3.05) is 4.72 Å². The molecule has 0 aliphatic heterocycles. The lowest BCUT2D eigenvalue weighted by Crippen LogP contribution is -2.13. The van der Waals surface area contributed by atoms with Gasteiger partial charge in [-0.1, -0.05) is 6.07 Å². The fourth-order valence-electron chi connectivity index (χ4n) is 1.98. The van der Waals surface area contributed by atoms with Crippen LogP contribution in [0.4, 0.5) is 10.1 Å². The Labute approximate surface area is 125 Å². The number of nitrogens with one attached hydrogen (secondary N) is 1. The summed E-state index contributed by atoms with van der Waals surface area (Å²) in [6.07, 6.45) is 0. The molecule has 5 nitrogen and oxygen atoms in total. The third-order valence-corrected chi connectivity index (χ3v) is 4.36. The average Bonchev–Trinajstić information content (AvgIpc) is 2.46. The van der Waals surface area contributed by atoms with Gasteiger partial charge in [0.1, 0.15) is 11.4 Å². The molecule has 0 atom stereocenters. The largest absolute Gasteiger partial charge is 0.423 e. The molecule has 1 heterocycles. The molecule has 0 saturated heterocycles. The Hall–Kier alpha value is -2.67. The van der Waals surface area contributed by atoms with Crippen molar-refractivity contribution in [2.24, 2.45) is 0 Å². The monoisotopic (exact) mass is 319 g/mol. The van der Waals surface area contributed by atoms with E-state index in [2.05, 4.69) is 4.72 Å². The summed E-state index contributed by atoms with van der Waals surface area (Å²) in [5.41, 5.74) is -0.0992. The highest BCUT2D eigenvalue weighted by Gasteiger charge is 2.15. The molecule has 0 amide bonds. The first-order chi connectivity index (χ1) is 10.4. The molecular formula is C15H10FNO4S. The lowest BCUT2D eigenvalue weighted by molar-refractivity contribution is 0.560. The van der Waals surface area contributed by atoms with Gasteiger partial charge in [-0.2, -0.15) is 0 Å². The first kappa shape index (κ1) is 14.3. The minimum atomic E-state index is -3.87. The molecule has 112 valence electrons. The molecule has 0 saturated carbocycles. The first-order valence-electron chi connectivity index (χ1n) is 6.26. The third-order valence-electron chi connectivity index (χ3n) is 2.98. The van der Waals surface area contributed by atoms with Crippen molar-refractivity contribution >= 4 is 26.7 Å². The molecular weight excluding hydrogens is 309 g/mol. The summed E-state index contributed by atoms with van der Waals surface area (Å²) in [7, 11) is -3.87. The van der Waals surface area contributed by atoms with E-state index >= 15 is 0 Å². The summed E-state index contributed by atoms with van der Waals surface area (Å²) in [6.45, 7) is 0. The van der Waals surface area contributed by atoms with Gasteiger partial charge in [0.25, 0.3) is 10.0 Å². The van der Waals surface area contributed by atoms with E-state index in [1.165, 1.54) is 48.5 Å². The summed E-state index contributed by atoms with van der Waals surface area (Å²) in [5, 5.41) is 0.474. The topological polar surface area (TPSA) is 76.4 Å². The molecule has 7 heteroatoms. The summed E-state index contributed by atoms with van der Waals surface area (Å²) in [6, 6.07) is 11.9. The van der Waals surface area contributed by atoms with Gasteiger partial charge in [0.05, 0.1) is 10.6 Å². The molecule has 3 rings (SSSR count). The van der Waals surface area contributed by atoms with Crippen LogP contribution in [-0.4, -0.2) is 8.42 Å². The molecule has 0 fully saturated rings. The van der Waals surface area contributed by atoms with Crippen LogP contribution in [0.3, 0.4) is 0 Å². The lowest BCUT2D eigenvalue weighted by atomic mass is 10.2. The zero-order chi connectivity index (χ0) is 15.7. The van der Waals surface area contributed by atoms with Crippen LogP contribution in [0.2, 0.25) is 0 Å². The number of anilines is 1. The van der Waals surface area contributed by atoms with Crippen LogP contribution in [-0.2, 0) is 10.0 Å². The molecule has 2 aromatic carbocycles. The Morgan fingerprint density at radius 1 is 1.00 bits per heavy atom. The van der Waals surface area contributed by atoms with Crippen molar-refractivity contribution < 1.29 is 17.2 Å². The van der Waals surface area contributed by atoms with Gasteiger partial charge in [0, 0.05) is 11.5 Å². The summed E-state index contributed by atoms with van der Waals surface area (Å²) in [4.78, 5) is 11.1. The van der Waals surface area contributed by atoms with Crippen LogP contribution in [0, 0.1) is 5.82 Å². The van der Waals surface area contributed by atoms with Gasteiger partial charge >= 0.3 is 5.63 Å². The third kappa shape index (κ3) is 2.84. The van der Waals surface area contributed by atoms with Crippen LogP contribution in [0.15, 0.2) is 68.7 Å². The minimum Gasteiger partial charge on any atom is -0.423 e. The van der Waals surface area contributed by atoms with Crippen LogP contribution in [0.1, 0.15) is 0 Å². The Kier molecular flexibility index (Phi) is 3.42. The van der Waals surface area contributed by atoms with Crippen LogP contribution in [0.5, 0.6) is 0 Å². The van der Waals surface area contributed by atoms with E-state index in [9.17, 15) is 17.6 Å². The fraction of sp³-hybridized carbons (Fsp3) is 0. The fourth-order valence-corrected chi connectivity index (χ4v) is 3.07. The molecule has 1 aromatic heterocycles. The van der Waals surface area contributed by atoms with Gasteiger partial charge in [-0.05, 0) is 42.5 Å². The minimum absolute atomic E-state index is 0.0156. The molecule has 0 spiro atoms. The van der Waals surface area contributed by atoms with Crippen LogP contribution in [0.25, 0.3) is 11.0 Å². The summed E-state index contributed by atoms with van der Waals surface area (Å²) < 4.78 is 44.9. The van der Waals surface area contributed by atoms with E-state index < -0.39 is 21.5 Å². The highest BCUT2D eigenvalue weighted by atomic mass is 32.2. The van der Waals surface area contributed by atoms with E-state index in [-0.39, 0.29) is 16.2 Å². The van der Waals surface area contributed by atoms with Crippen molar-refractivity contribution in [2.45, 2.75) is 4.90 Å². The number of hydrogen-bond donors (Lipinski definition) is 1. The average molecular weight is 319 g/mol. The van der Waals surface area contributed by atoms with E-state index in [4.69, 9.17) is 4.42 Å². The van der Waals surface area contributed by atoms with Gasteiger partial charge in [0.15, 0.2) is 0 Å². The Morgan fingerprint density at radius 3 is 2.59 bits per heavy atom. The normalized spacial score (nSPS) is 11.5. The van der Waals surface area contributed by atoms with Crippen molar-refractivity contribution in [1.82, 2.24) is 0 Å². The number of benzene rings is 2. The van der Waals surface area contributed by atoms with Gasteiger partial charge in [-0.25, -0.2) is 17.6 Å². The highest BCUT2D eigenvalue weighted by Crippen LogP contribution is 2.21. The smallest absolute Gasteiger partial charge is 0.336 e. The van der Waals surface area contributed by atoms with Gasteiger partial charge < -0.3 is 4.42 Å². The van der Waals surface area contributed by atoms with Gasteiger partial charge in [0.2, 0.25) is 0 Å². The molecule has 1 N–H and O–H groups in total. The zero-order valence-corrected chi connectivity index (χ0v) is 11.9. The predicted octanol–water partition coefficient (Wildman–Crippen LogP) is 2.73. The second-order valence-electron chi connectivity index (χ2n) is 4.57. The quantitative estimate of drug-likeness (QED) is 0.753. The van der Waals surface area contributed by atoms with Crippen molar-refractivity contribution in [3.63, 3.8) is 0 Å². The molecule has 22 heavy (non-hydrogen) atoms. The van der Waals surface area contributed by atoms with Crippen molar-refractivity contribution in [1.29, 1.82) is 0 Å². The van der Waals surface area contributed by atoms with E-state index in [1.54, 1.807) is 0 Å². The van der Waals surface area contributed by atoms with E-state index in [1.807, 2.05) is 0 Å². The number of rotatable bonds is 3. The number of halogens is 1. The molecule has 3 aromatic rings. The molecule has 0 unspecified atom stereocenters. The maximum Gasteiger partial charge on any atom is 0.336 e. The molecule has 0 aliphatic carbocycles. The SMILES string of the molecule is O=c1ccc2cc(S(=O)(=O)Nc3cccc(F)c3)ccc2o1. The zero-order valence-electron chi connectivity index (χ0n) is 11.1. The lowest BCUT2D eigenvalue weighted by Gasteiger charge is -2.08. The van der Waals surface area contributed by atoms with Crippen molar-refractivity contribution in [3.8, 4) is 0 Å². The summed E-state index contributed by atoms with van der Waals surface area (Å²) in [5.74, 6) is -0.541. The maximum atomic E-state index is 13.1. The van der Waals surface area contributed by atoms with Gasteiger partial charge in [-0.15, -0.1) is 0 Å². The maximum absolute atomic E-state index is 13.1. The Bertz CT molecular complexity index is 1010. The van der Waals surface area contributed by atoms with E-state index in [0.717, 1.165) is 6.07 Å². The molecule has 0 bridgehead atoms. The van der Waals surface area contributed by atoms with Crippen LogP contribution < -0.4 is 10.3 Å². The number of sulfonamides is 1. The molecule has 0 radical (unpaired) electrons. The summed E-state index contributed by atoms with van der Waals surface area (Å²) >= 11 is 0. The predicted molar refractivity (Wildman–Crippen MR) is 79.7 cm³/mol. The Morgan fingerprint density at radius 2 is 1.82 bits per heavy atom. The van der Waals surface area contributed by atoms with E-state index in [0.29, 0.717) is 5.39 Å². The second kappa shape index (κ2) is 5.27.